The van der Waals surface area contributed by atoms with Crippen LogP contribution in [0.3, 0.4) is 0 Å². The van der Waals surface area contributed by atoms with Crippen LogP contribution in [0.1, 0.15) is 5.56 Å². The molecule has 0 spiro atoms. The van der Waals surface area contributed by atoms with E-state index in [0.717, 1.165) is 5.56 Å². The van der Waals surface area contributed by atoms with Gasteiger partial charge in [0.1, 0.15) is 5.58 Å². The molecule has 22 heavy (non-hydrogen) atoms. The lowest BCUT2D eigenvalue weighted by Crippen LogP contribution is -2.23. The number of aromatic nitrogens is 1. The van der Waals surface area contributed by atoms with Crippen LogP contribution in [-0.2, 0) is 16.6 Å². The van der Waals surface area contributed by atoms with Crippen LogP contribution >= 0.6 is 0 Å². The Bertz CT molecular complexity index is 966. The van der Waals surface area contributed by atoms with Crippen LogP contribution in [0.25, 0.3) is 11.0 Å². The van der Waals surface area contributed by atoms with E-state index in [1.54, 1.807) is 24.5 Å². The van der Waals surface area contributed by atoms with Gasteiger partial charge in [-0.1, -0.05) is 6.07 Å². The Labute approximate surface area is 126 Å². The minimum absolute atomic E-state index is 0.109. The van der Waals surface area contributed by atoms with Gasteiger partial charge in [-0.3, -0.25) is 4.98 Å². The number of benzene rings is 1. The molecule has 1 N–H and O–H groups in total. The average molecular weight is 316 g/mol. The number of fused-ring (bicyclic) bond motifs is 1. The van der Waals surface area contributed by atoms with E-state index in [1.807, 2.05) is 0 Å². The molecule has 6 nitrogen and oxygen atoms in total. The summed E-state index contributed by atoms with van der Waals surface area (Å²) in [6.07, 6.45) is 3.21. The molecule has 0 atom stereocenters. The third kappa shape index (κ3) is 3.05. The summed E-state index contributed by atoms with van der Waals surface area (Å²) in [4.78, 5) is 15.2. The van der Waals surface area contributed by atoms with Crippen molar-refractivity contribution in [3.63, 3.8) is 0 Å². The Morgan fingerprint density at radius 2 is 2.00 bits per heavy atom. The summed E-state index contributed by atoms with van der Waals surface area (Å²) in [5, 5.41) is 0.545. The van der Waals surface area contributed by atoms with Crippen LogP contribution < -0.4 is 10.3 Å². The Balaban J connectivity index is 1.88. The minimum atomic E-state index is -3.66. The second-order valence-corrected chi connectivity index (χ2v) is 6.41. The SMILES string of the molecule is O=c1ccc2cc(S(=O)(=O)NCc3cccnc3)ccc2o1. The van der Waals surface area contributed by atoms with Crippen LogP contribution in [0, 0.1) is 0 Å². The molecule has 2 aromatic heterocycles. The monoisotopic (exact) mass is 316 g/mol. The molecular formula is C15H12N2O4S. The van der Waals surface area contributed by atoms with Crippen LogP contribution in [0.4, 0.5) is 0 Å². The second-order valence-electron chi connectivity index (χ2n) is 4.64. The normalized spacial score (nSPS) is 11.6. The molecule has 0 aliphatic carbocycles. The highest BCUT2D eigenvalue weighted by Crippen LogP contribution is 2.17. The lowest BCUT2D eigenvalue weighted by Gasteiger charge is -2.07. The molecule has 0 aliphatic heterocycles. The largest absolute Gasteiger partial charge is 0.423 e. The van der Waals surface area contributed by atoms with E-state index in [4.69, 9.17) is 4.42 Å². The van der Waals surface area contributed by atoms with Crippen LogP contribution in [0.5, 0.6) is 0 Å². The molecule has 0 saturated carbocycles. The van der Waals surface area contributed by atoms with E-state index >= 15 is 0 Å². The van der Waals surface area contributed by atoms with Crippen LogP contribution in [-0.4, -0.2) is 13.4 Å². The fourth-order valence-electron chi connectivity index (χ4n) is 1.98. The first-order valence-electron chi connectivity index (χ1n) is 6.47. The van der Waals surface area contributed by atoms with Gasteiger partial charge in [0, 0.05) is 30.4 Å². The number of nitrogens with zero attached hydrogens (tertiary/aromatic N) is 1. The summed E-state index contributed by atoms with van der Waals surface area (Å²) in [5.74, 6) is 0. The summed E-state index contributed by atoms with van der Waals surface area (Å²) in [7, 11) is -3.66. The summed E-state index contributed by atoms with van der Waals surface area (Å²) in [6.45, 7) is 0.151. The highest BCUT2D eigenvalue weighted by Gasteiger charge is 2.14. The first-order valence-corrected chi connectivity index (χ1v) is 7.95. The van der Waals surface area contributed by atoms with Gasteiger partial charge < -0.3 is 4.42 Å². The molecular weight excluding hydrogens is 304 g/mol. The Kier molecular flexibility index (Phi) is 3.74. The molecule has 0 aliphatic rings. The fourth-order valence-corrected chi connectivity index (χ4v) is 3.03. The zero-order valence-corrected chi connectivity index (χ0v) is 12.2. The molecule has 3 aromatic rings. The van der Waals surface area contributed by atoms with Crippen molar-refractivity contribution in [1.82, 2.24) is 9.71 Å². The zero-order valence-electron chi connectivity index (χ0n) is 11.4. The lowest BCUT2D eigenvalue weighted by atomic mass is 10.2. The van der Waals surface area contributed by atoms with E-state index in [2.05, 4.69) is 9.71 Å². The van der Waals surface area contributed by atoms with Gasteiger partial charge in [-0.2, -0.15) is 0 Å². The quantitative estimate of drug-likeness (QED) is 0.740. The molecule has 0 radical (unpaired) electrons. The second kappa shape index (κ2) is 5.70. The first kappa shape index (κ1) is 14.4. The topological polar surface area (TPSA) is 89.3 Å². The third-order valence-corrected chi connectivity index (χ3v) is 4.49. The maximum atomic E-state index is 12.3. The zero-order chi connectivity index (χ0) is 15.6. The Hall–Kier alpha value is -2.51. The number of hydrogen-bond donors (Lipinski definition) is 1. The molecule has 3 rings (SSSR count). The van der Waals surface area contributed by atoms with Crippen LogP contribution in [0.15, 0.2) is 69.0 Å². The van der Waals surface area contributed by atoms with E-state index in [9.17, 15) is 13.2 Å². The van der Waals surface area contributed by atoms with E-state index < -0.39 is 15.6 Å². The van der Waals surface area contributed by atoms with Crippen molar-refractivity contribution < 1.29 is 12.8 Å². The molecule has 0 bridgehead atoms. The highest BCUT2D eigenvalue weighted by atomic mass is 32.2. The van der Waals surface area contributed by atoms with Crippen molar-refractivity contribution >= 4 is 21.0 Å². The summed E-state index contributed by atoms with van der Waals surface area (Å²) >= 11 is 0. The van der Waals surface area contributed by atoms with Crippen molar-refractivity contribution in [2.24, 2.45) is 0 Å². The number of rotatable bonds is 4. The van der Waals surface area contributed by atoms with Crippen molar-refractivity contribution in [3.8, 4) is 0 Å². The molecule has 112 valence electrons. The van der Waals surface area contributed by atoms with Crippen molar-refractivity contribution in [2.75, 3.05) is 0 Å². The fraction of sp³-hybridized carbons (Fsp3) is 0.0667. The van der Waals surface area contributed by atoms with Gasteiger partial charge in [0.05, 0.1) is 4.90 Å². The van der Waals surface area contributed by atoms with Gasteiger partial charge in [-0.05, 0) is 35.9 Å². The molecule has 1 aromatic carbocycles. The van der Waals surface area contributed by atoms with E-state index in [1.165, 1.54) is 30.3 Å². The molecule has 0 fully saturated rings. The lowest BCUT2D eigenvalue weighted by molar-refractivity contribution is 0.560. The summed E-state index contributed by atoms with van der Waals surface area (Å²) < 4.78 is 32.1. The maximum Gasteiger partial charge on any atom is 0.336 e. The molecule has 2 heterocycles. The Morgan fingerprint density at radius 1 is 1.14 bits per heavy atom. The molecule has 0 saturated heterocycles. The molecule has 0 amide bonds. The van der Waals surface area contributed by atoms with Gasteiger partial charge in [0.15, 0.2) is 0 Å². The van der Waals surface area contributed by atoms with Crippen molar-refractivity contribution in [2.45, 2.75) is 11.4 Å². The molecule has 7 heteroatoms. The third-order valence-electron chi connectivity index (χ3n) is 3.09. The summed E-state index contributed by atoms with van der Waals surface area (Å²) in [5.41, 5.74) is 0.634. The highest BCUT2D eigenvalue weighted by molar-refractivity contribution is 7.89. The van der Waals surface area contributed by atoms with Gasteiger partial charge in [-0.25, -0.2) is 17.9 Å². The molecule has 0 unspecified atom stereocenters. The van der Waals surface area contributed by atoms with E-state index in [0.29, 0.717) is 11.0 Å². The van der Waals surface area contributed by atoms with Crippen LogP contribution in [0.2, 0.25) is 0 Å². The number of pyridine rings is 1. The van der Waals surface area contributed by atoms with Gasteiger partial charge in [0.2, 0.25) is 10.0 Å². The predicted molar refractivity (Wildman–Crippen MR) is 80.7 cm³/mol. The standard InChI is InChI=1S/C15H12N2O4S/c18-15-6-3-12-8-13(4-5-14(12)21-15)22(19,20)17-10-11-2-1-7-16-9-11/h1-9,17H,10H2. The number of sulfonamides is 1. The van der Waals surface area contributed by atoms with E-state index in [-0.39, 0.29) is 11.4 Å². The minimum Gasteiger partial charge on any atom is -0.423 e. The van der Waals surface area contributed by atoms with Gasteiger partial charge >= 0.3 is 5.63 Å². The maximum absolute atomic E-state index is 12.3. The number of nitrogens with one attached hydrogen (secondary N) is 1. The summed E-state index contributed by atoms with van der Waals surface area (Å²) in [6, 6.07) is 10.6. The van der Waals surface area contributed by atoms with Gasteiger partial charge in [-0.15, -0.1) is 0 Å². The smallest absolute Gasteiger partial charge is 0.336 e. The predicted octanol–water partition coefficient (Wildman–Crippen LogP) is 1.67. The number of hydrogen-bond acceptors (Lipinski definition) is 5. The average Bonchev–Trinajstić information content (AvgIpc) is 2.53. The van der Waals surface area contributed by atoms with Crippen molar-refractivity contribution in [1.29, 1.82) is 0 Å². The van der Waals surface area contributed by atoms with Crippen molar-refractivity contribution in [3.05, 3.63) is 70.8 Å². The van der Waals surface area contributed by atoms with Gasteiger partial charge in [0.25, 0.3) is 0 Å². The Morgan fingerprint density at radius 3 is 2.77 bits per heavy atom. The first-order chi connectivity index (χ1) is 10.5.